The lowest BCUT2D eigenvalue weighted by molar-refractivity contribution is -0.0583. The zero-order valence-corrected chi connectivity index (χ0v) is 17.3. The monoisotopic (exact) mass is 441 g/mol. The number of morpholine rings is 1. The predicted octanol–water partition coefficient (Wildman–Crippen LogP) is 2.73. The van der Waals surface area contributed by atoms with E-state index in [1.54, 1.807) is 6.07 Å². The van der Waals surface area contributed by atoms with Crippen LogP contribution in [0.15, 0.2) is 29.0 Å². The van der Waals surface area contributed by atoms with Gasteiger partial charge in [0.1, 0.15) is 23.7 Å². The van der Waals surface area contributed by atoms with Crippen molar-refractivity contribution in [1.82, 2.24) is 19.9 Å². The van der Waals surface area contributed by atoms with E-state index >= 15 is 0 Å². The minimum absolute atomic E-state index is 0.0000831. The second-order valence-electron chi connectivity index (χ2n) is 6.71. The second kappa shape index (κ2) is 9.47. The van der Waals surface area contributed by atoms with Gasteiger partial charge in [0.25, 0.3) is 0 Å². The van der Waals surface area contributed by atoms with Crippen molar-refractivity contribution in [2.24, 2.45) is 4.36 Å². The molecule has 1 aliphatic rings. The highest BCUT2D eigenvalue weighted by molar-refractivity contribution is 7.85. The van der Waals surface area contributed by atoms with Gasteiger partial charge < -0.3 is 14.6 Å². The summed E-state index contributed by atoms with van der Waals surface area (Å²) in [6.07, 6.45) is 4.09. The summed E-state index contributed by atoms with van der Waals surface area (Å²) >= 11 is 0. The van der Waals surface area contributed by atoms with Gasteiger partial charge in [0.2, 0.25) is 0 Å². The van der Waals surface area contributed by atoms with Crippen LogP contribution in [0.3, 0.4) is 0 Å². The number of aromatic amines is 1. The van der Waals surface area contributed by atoms with E-state index in [9.17, 15) is 13.2 Å². The van der Waals surface area contributed by atoms with Crippen LogP contribution in [0.25, 0.3) is 17.5 Å². The molecule has 1 saturated heterocycles. The van der Waals surface area contributed by atoms with Gasteiger partial charge in [-0.15, -0.1) is 10.7 Å². The SMILES string of the molecule is CS(C)=NC[C@@H]1CN(c2cc(-c3cnc(/C=C\C(=N)C(F)(F)F)[nH]3)ncn2)CCO1. The zero-order valence-electron chi connectivity index (χ0n) is 16.5. The third-order valence-electron chi connectivity index (χ3n) is 4.24. The Morgan fingerprint density at radius 3 is 2.93 bits per heavy atom. The van der Waals surface area contributed by atoms with E-state index < -0.39 is 11.9 Å². The molecule has 0 amide bonds. The van der Waals surface area contributed by atoms with Crippen molar-refractivity contribution in [1.29, 1.82) is 5.41 Å². The number of rotatable bonds is 6. The molecule has 0 aromatic carbocycles. The van der Waals surface area contributed by atoms with Crippen LogP contribution in [-0.2, 0) is 15.4 Å². The molecule has 0 radical (unpaired) electrons. The van der Waals surface area contributed by atoms with Crippen LogP contribution in [0.4, 0.5) is 19.0 Å². The Morgan fingerprint density at radius 1 is 1.40 bits per heavy atom. The Morgan fingerprint density at radius 2 is 2.20 bits per heavy atom. The largest absolute Gasteiger partial charge is 0.432 e. The van der Waals surface area contributed by atoms with E-state index in [-0.39, 0.29) is 22.6 Å². The molecule has 2 N–H and O–H groups in total. The maximum absolute atomic E-state index is 12.4. The standard InChI is InChI=1S/C18H22F3N7OS/c1-30(2)26-8-12-10-28(5-6-29-12)17-7-13(24-11-25-17)14-9-23-16(27-14)4-3-15(22)18(19,20)21/h3-4,7,9,11-12,22H,5-6,8,10H2,1-2H3,(H,23,27)/b4-3-,22-15?/t12-/m1/s1. The number of ether oxygens (including phenoxy) is 1. The first-order chi connectivity index (χ1) is 14.2. The molecule has 0 aliphatic carbocycles. The maximum Gasteiger partial charge on any atom is 0.432 e. The van der Waals surface area contributed by atoms with Gasteiger partial charge in [-0.25, -0.2) is 15.0 Å². The molecule has 2 aromatic heterocycles. The summed E-state index contributed by atoms with van der Waals surface area (Å²) in [5.41, 5.74) is -0.344. The summed E-state index contributed by atoms with van der Waals surface area (Å²) in [5.74, 6) is 0.924. The van der Waals surface area contributed by atoms with Crippen LogP contribution in [0.2, 0.25) is 0 Å². The number of nitrogens with zero attached hydrogens (tertiary/aromatic N) is 5. The molecule has 1 aliphatic heterocycles. The van der Waals surface area contributed by atoms with Crippen molar-refractivity contribution in [2.45, 2.75) is 12.3 Å². The molecule has 0 spiro atoms. The van der Waals surface area contributed by atoms with E-state index in [1.807, 2.05) is 0 Å². The highest BCUT2D eigenvalue weighted by Crippen LogP contribution is 2.22. The lowest BCUT2D eigenvalue weighted by Crippen LogP contribution is -2.44. The number of anilines is 1. The van der Waals surface area contributed by atoms with E-state index in [0.717, 1.165) is 11.9 Å². The predicted molar refractivity (Wildman–Crippen MR) is 111 cm³/mol. The molecule has 0 saturated carbocycles. The molecule has 3 heterocycles. The Labute approximate surface area is 174 Å². The number of H-pyrrole nitrogens is 1. The maximum atomic E-state index is 12.4. The fourth-order valence-electron chi connectivity index (χ4n) is 2.75. The first-order valence-corrected chi connectivity index (χ1v) is 11.0. The summed E-state index contributed by atoms with van der Waals surface area (Å²) in [6.45, 7) is 2.56. The smallest absolute Gasteiger partial charge is 0.373 e. The average molecular weight is 441 g/mol. The van der Waals surface area contributed by atoms with Crippen LogP contribution in [0.1, 0.15) is 5.82 Å². The molecule has 1 atom stereocenters. The molecule has 8 nitrogen and oxygen atoms in total. The first kappa shape index (κ1) is 22.1. The van der Waals surface area contributed by atoms with Crippen LogP contribution < -0.4 is 4.90 Å². The number of allylic oxidation sites excluding steroid dienone is 1. The van der Waals surface area contributed by atoms with Crippen LogP contribution in [0.5, 0.6) is 0 Å². The molecule has 1 fully saturated rings. The van der Waals surface area contributed by atoms with E-state index in [4.69, 9.17) is 10.1 Å². The van der Waals surface area contributed by atoms with Gasteiger partial charge in [0.15, 0.2) is 0 Å². The van der Waals surface area contributed by atoms with Crippen molar-refractivity contribution in [3.8, 4) is 11.4 Å². The lowest BCUT2D eigenvalue weighted by atomic mass is 10.2. The molecule has 0 bridgehead atoms. The number of halogens is 3. The van der Waals surface area contributed by atoms with Gasteiger partial charge in [-0.1, -0.05) is 0 Å². The molecule has 30 heavy (non-hydrogen) atoms. The summed E-state index contributed by atoms with van der Waals surface area (Å²) in [5, 5.41) is 6.98. The summed E-state index contributed by atoms with van der Waals surface area (Å²) in [7, 11) is -0.000633. The number of hydrogen-bond acceptors (Lipinski definition) is 7. The lowest BCUT2D eigenvalue weighted by Gasteiger charge is -2.33. The fourth-order valence-corrected chi connectivity index (χ4v) is 3.21. The third kappa shape index (κ3) is 5.95. The van der Waals surface area contributed by atoms with Crippen LogP contribution in [-0.4, -0.2) is 76.7 Å². The number of hydrogen-bond donors (Lipinski definition) is 2. The van der Waals surface area contributed by atoms with Crippen molar-refractivity contribution in [3.63, 3.8) is 0 Å². The highest BCUT2D eigenvalue weighted by Gasteiger charge is 2.32. The van der Waals surface area contributed by atoms with Crippen molar-refractivity contribution >= 4 is 28.3 Å². The number of aromatic nitrogens is 4. The van der Waals surface area contributed by atoms with Crippen molar-refractivity contribution < 1.29 is 17.9 Å². The van der Waals surface area contributed by atoms with Gasteiger partial charge in [0.05, 0.1) is 36.8 Å². The molecule has 2 aromatic rings. The Bertz CT molecular complexity index is 953. The normalized spacial score (nSPS) is 17.7. The molecule has 12 heteroatoms. The molecular formula is C18H22F3N7OS. The third-order valence-corrected chi connectivity index (χ3v) is 4.90. The Balaban J connectivity index is 1.71. The Hall–Kier alpha value is -2.60. The van der Waals surface area contributed by atoms with E-state index in [1.165, 1.54) is 12.5 Å². The van der Waals surface area contributed by atoms with Gasteiger partial charge >= 0.3 is 6.18 Å². The topological polar surface area (TPSA) is 103 Å². The van der Waals surface area contributed by atoms with Crippen molar-refractivity contribution in [2.75, 3.05) is 43.7 Å². The Kier molecular flexibility index (Phi) is 6.98. The number of alkyl halides is 3. The van der Waals surface area contributed by atoms with Crippen LogP contribution in [0, 0.1) is 5.41 Å². The highest BCUT2D eigenvalue weighted by atomic mass is 32.2. The average Bonchev–Trinajstić information content (AvgIpc) is 3.19. The minimum Gasteiger partial charge on any atom is -0.373 e. The second-order valence-corrected chi connectivity index (χ2v) is 8.52. The van der Waals surface area contributed by atoms with Gasteiger partial charge in [-0.05, 0) is 24.7 Å². The number of imidazole rings is 1. The van der Waals surface area contributed by atoms with E-state index in [2.05, 4.69) is 41.7 Å². The van der Waals surface area contributed by atoms with Gasteiger partial charge in [-0.3, -0.25) is 9.77 Å². The van der Waals surface area contributed by atoms with Gasteiger partial charge in [0, 0.05) is 19.2 Å². The minimum atomic E-state index is -4.69. The van der Waals surface area contributed by atoms with Crippen LogP contribution >= 0.6 is 0 Å². The molecular weight excluding hydrogens is 419 g/mol. The molecule has 3 rings (SSSR count). The summed E-state index contributed by atoms with van der Waals surface area (Å²) in [4.78, 5) is 17.6. The molecule has 0 unspecified atom stereocenters. The zero-order chi connectivity index (χ0) is 21.7. The number of nitrogens with one attached hydrogen (secondary N) is 2. The fraction of sp³-hybridized carbons (Fsp3) is 0.444. The molecule has 162 valence electrons. The van der Waals surface area contributed by atoms with E-state index in [0.29, 0.717) is 43.7 Å². The first-order valence-electron chi connectivity index (χ1n) is 9.05. The summed E-state index contributed by atoms with van der Waals surface area (Å²) < 4.78 is 47.5. The summed E-state index contributed by atoms with van der Waals surface area (Å²) in [6, 6.07) is 1.79. The quantitative estimate of drug-likeness (QED) is 0.671. The van der Waals surface area contributed by atoms with Crippen molar-refractivity contribution in [3.05, 3.63) is 30.5 Å². The van der Waals surface area contributed by atoms with Gasteiger partial charge in [-0.2, -0.15) is 13.2 Å².